The highest BCUT2D eigenvalue weighted by Crippen LogP contribution is 2.34. The van der Waals surface area contributed by atoms with Gasteiger partial charge in [-0.15, -0.1) is 11.8 Å². The summed E-state index contributed by atoms with van der Waals surface area (Å²) < 4.78 is 11.3. The molecule has 0 unspecified atom stereocenters. The molecule has 0 aromatic heterocycles. The molecule has 1 aliphatic heterocycles. The fourth-order valence-corrected chi connectivity index (χ4v) is 3.29. The first-order valence-corrected chi connectivity index (χ1v) is 9.06. The molecule has 0 aliphatic carbocycles. The maximum absolute atomic E-state index is 12.1. The molecule has 0 radical (unpaired) electrons. The molecule has 0 atom stereocenters. The van der Waals surface area contributed by atoms with E-state index < -0.39 is 0 Å². The monoisotopic (exact) mass is 363 g/mol. The predicted octanol–water partition coefficient (Wildman–Crippen LogP) is 4.54. The average Bonchev–Trinajstić information content (AvgIpc) is 2.80. The SMILES string of the molecule is Cc1cc(Cl)ccc1NC(=O)CSc1ccc2c(c1)OCCCO2. The van der Waals surface area contributed by atoms with Crippen molar-refractivity contribution in [2.24, 2.45) is 0 Å². The third kappa shape index (κ3) is 4.36. The lowest BCUT2D eigenvalue weighted by atomic mass is 10.2. The second kappa shape index (κ2) is 7.81. The van der Waals surface area contributed by atoms with Crippen LogP contribution in [0.1, 0.15) is 12.0 Å². The van der Waals surface area contributed by atoms with Crippen LogP contribution in [-0.4, -0.2) is 24.9 Å². The summed E-state index contributed by atoms with van der Waals surface area (Å²) in [5.74, 6) is 1.77. The number of nitrogens with one attached hydrogen (secondary N) is 1. The average molecular weight is 364 g/mol. The number of hydrogen-bond acceptors (Lipinski definition) is 4. The van der Waals surface area contributed by atoms with E-state index in [-0.39, 0.29) is 5.91 Å². The molecule has 0 saturated carbocycles. The molecule has 0 spiro atoms. The van der Waals surface area contributed by atoms with Gasteiger partial charge in [-0.25, -0.2) is 0 Å². The Morgan fingerprint density at radius 1 is 1.17 bits per heavy atom. The summed E-state index contributed by atoms with van der Waals surface area (Å²) in [5.41, 5.74) is 1.72. The minimum absolute atomic E-state index is 0.0578. The zero-order valence-corrected chi connectivity index (χ0v) is 14.9. The molecule has 2 aromatic carbocycles. The van der Waals surface area contributed by atoms with Crippen LogP contribution in [0.25, 0.3) is 0 Å². The van der Waals surface area contributed by atoms with Crippen molar-refractivity contribution in [3.8, 4) is 11.5 Å². The summed E-state index contributed by atoms with van der Waals surface area (Å²) in [6, 6.07) is 11.2. The lowest BCUT2D eigenvalue weighted by molar-refractivity contribution is -0.113. The Bertz CT molecular complexity index is 751. The molecule has 1 heterocycles. The molecule has 126 valence electrons. The van der Waals surface area contributed by atoms with Crippen LogP contribution in [0.3, 0.4) is 0 Å². The normalized spacial score (nSPS) is 13.2. The fraction of sp³-hybridized carbons (Fsp3) is 0.278. The largest absolute Gasteiger partial charge is 0.490 e. The van der Waals surface area contributed by atoms with Gasteiger partial charge in [0.15, 0.2) is 11.5 Å². The number of anilines is 1. The number of ether oxygens (including phenoxy) is 2. The number of carbonyl (C=O) groups excluding carboxylic acids is 1. The third-order valence-electron chi connectivity index (χ3n) is 3.55. The minimum Gasteiger partial charge on any atom is -0.490 e. The number of amides is 1. The van der Waals surface area contributed by atoms with E-state index in [2.05, 4.69) is 5.32 Å². The van der Waals surface area contributed by atoms with Crippen molar-refractivity contribution >= 4 is 35.0 Å². The van der Waals surface area contributed by atoms with Gasteiger partial charge in [-0.3, -0.25) is 4.79 Å². The second-order valence-corrected chi connectivity index (χ2v) is 6.94. The second-order valence-electron chi connectivity index (χ2n) is 5.46. The highest BCUT2D eigenvalue weighted by atomic mass is 35.5. The maximum atomic E-state index is 12.1. The molecule has 0 bridgehead atoms. The van der Waals surface area contributed by atoms with Crippen molar-refractivity contribution in [2.45, 2.75) is 18.2 Å². The Morgan fingerprint density at radius 3 is 2.75 bits per heavy atom. The molecule has 1 N–H and O–H groups in total. The van der Waals surface area contributed by atoms with Crippen LogP contribution in [0.15, 0.2) is 41.3 Å². The van der Waals surface area contributed by atoms with Gasteiger partial charge in [-0.05, 0) is 48.9 Å². The van der Waals surface area contributed by atoms with Gasteiger partial charge in [-0.1, -0.05) is 11.6 Å². The number of aryl methyl sites for hydroxylation is 1. The number of benzene rings is 2. The molecule has 2 aromatic rings. The van der Waals surface area contributed by atoms with E-state index >= 15 is 0 Å². The van der Waals surface area contributed by atoms with Gasteiger partial charge in [0.25, 0.3) is 0 Å². The van der Waals surface area contributed by atoms with Gasteiger partial charge in [0.05, 0.1) is 19.0 Å². The minimum atomic E-state index is -0.0578. The third-order valence-corrected chi connectivity index (χ3v) is 4.78. The Morgan fingerprint density at radius 2 is 1.96 bits per heavy atom. The molecule has 6 heteroatoms. The van der Waals surface area contributed by atoms with E-state index in [4.69, 9.17) is 21.1 Å². The first-order chi connectivity index (χ1) is 11.6. The van der Waals surface area contributed by atoms with Gasteiger partial charge in [0, 0.05) is 22.0 Å². The van der Waals surface area contributed by atoms with Gasteiger partial charge < -0.3 is 14.8 Å². The van der Waals surface area contributed by atoms with Gasteiger partial charge in [0.2, 0.25) is 5.91 Å². The van der Waals surface area contributed by atoms with Crippen LogP contribution in [0.5, 0.6) is 11.5 Å². The quantitative estimate of drug-likeness (QED) is 0.810. The topological polar surface area (TPSA) is 47.6 Å². The number of rotatable bonds is 4. The lowest BCUT2D eigenvalue weighted by Crippen LogP contribution is -2.14. The van der Waals surface area contributed by atoms with Crippen molar-refractivity contribution in [1.29, 1.82) is 0 Å². The summed E-state index contributed by atoms with van der Waals surface area (Å²) in [6.07, 6.45) is 0.875. The summed E-state index contributed by atoms with van der Waals surface area (Å²) in [4.78, 5) is 13.1. The lowest BCUT2D eigenvalue weighted by Gasteiger charge is -2.10. The van der Waals surface area contributed by atoms with Crippen LogP contribution in [-0.2, 0) is 4.79 Å². The van der Waals surface area contributed by atoms with E-state index in [0.717, 1.165) is 34.1 Å². The Kier molecular flexibility index (Phi) is 5.53. The van der Waals surface area contributed by atoms with Gasteiger partial charge >= 0.3 is 0 Å². The Hall–Kier alpha value is -1.85. The molecular formula is C18H18ClNO3S. The number of hydrogen-bond donors (Lipinski definition) is 1. The van der Waals surface area contributed by atoms with Gasteiger partial charge in [-0.2, -0.15) is 0 Å². The highest BCUT2D eigenvalue weighted by molar-refractivity contribution is 8.00. The Labute approximate surface area is 150 Å². The molecule has 4 nitrogen and oxygen atoms in total. The van der Waals surface area contributed by atoms with E-state index in [1.165, 1.54) is 11.8 Å². The first-order valence-electron chi connectivity index (χ1n) is 7.70. The van der Waals surface area contributed by atoms with Crippen molar-refractivity contribution in [1.82, 2.24) is 0 Å². The zero-order valence-electron chi connectivity index (χ0n) is 13.3. The van der Waals surface area contributed by atoms with Crippen LogP contribution >= 0.6 is 23.4 Å². The van der Waals surface area contributed by atoms with Crippen LogP contribution < -0.4 is 14.8 Å². The smallest absolute Gasteiger partial charge is 0.234 e. The number of carbonyl (C=O) groups is 1. The summed E-state index contributed by atoms with van der Waals surface area (Å²) in [7, 11) is 0. The standard InChI is InChI=1S/C18H18ClNO3S/c1-12-9-13(19)3-5-15(12)20-18(21)11-24-14-4-6-16-17(10-14)23-8-2-7-22-16/h3-6,9-10H,2,7-8,11H2,1H3,(H,20,21). The highest BCUT2D eigenvalue weighted by Gasteiger charge is 2.12. The molecule has 0 fully saturated rings. The summed E-state index contributed by atoms with van der Waals surface area (Å²) >= 11 is 7.39. The van der Waals surface area contributed by atoms with Crippen molar-refractivity contribution in [3.63, 3.8) is 0 Å². The predicted molar refractivity (Wildman–Crippen MR) is 97.6 cm³/mol. The van der Waals surface area contributed by atoms with Crippen molar-refractivity contribution in [3.05, 3.63) is 47.0 Å². The summed E-state index contributed by atoms with van der Waals surface area (Å²) in [6.45, 7) is 3.23. The molecule has 1 aliphatic rings. The van der Waals surface area contributed by atoms with E-state index in [0.29, 0.717) is 24.0 Å². The van der Waals surface area contributed by atoms with Crippen LogP contribution in [0, 0.1) is 6.92 Å². The molecular weight excluding hydrogens is 346 g/mol. The molecule has 3 rings (SSSR count). The number of halogens is 1. The van der Waals surface area contributed by atoms with Crippen LogP contribution in [0.2, 0.25) is 5.02 Å². The van der Waals surface area contributed by atoms with E-state index in [9.17, 15) is 4.79 Å². The Balaban J connectivity index is 1.59. The number of thioether (sulfide) groups is 1. The van der Waals surface area contributed by atoms with Crippen molar-refractivity contribution < 1.29 is 14.3 Å². The van der Waals surface area contributed by atoms with Gasteiger partial charge in [0.1, 0.15) is 0 Å². The molecule has 1 amide bonds. The van der Waals surface area contributed by atoms with Crippen LogP contribution in [0.4, 0.5) is 5.69 Å². The molecule has 24 heavy (non-hydrogen) atoms. The van der Waals surface area contributed by atoms with E-state index in [1.807, 2.05) is 37.3 Å². The fourth-order valence-electron chi connectivity index (χ4n) is 2.34. The first kappa shape index (κ1) is 17.0. The molecule has 0 saturated heterocycles. The zero-order chi connectivity index (χ0) is 16.9. The maximum Gasteiger partial charge on any atom is 0.234 e. The van der Waals surface area contributed by atoms with Crippen molar-refractivity contribution in [2.75, 3.05) is 24.3 Å². The summed E-state index contributed by atoms with van der Waals surface area (Å²) in [5, 5.41) is 3.56. The van der Waals surface area contributed by atoms with E-state index in [1.54, 1.807) is 6.07 Å². The number of fused-ring (bicyclic) bond motifs is 1.